The number of esters is 1. The van der Waals surface area contributed by atoms with Crippen LogP contribution in [0.3, 0.4) is 0 Å². The first-order valence-electron chi connectivity index (χ1n) is 7.48. The fourth-order valence-electron chi connectivity index (χ4n) is 2.87. The molecule has 0 aromatic carbocycles. The summed E-state index contributed by atoms with van der Waals surface area (Å²) in [7, 11) is 1.42. The third kappa shape index (κ3) is 3.62. The number of hydrogen-bond acceptors (Lipinski definition) is 4. The molecule has 1 amide bonds. The third-order valence-electron chi connectivity index (χ3n) is 4.03. The molecule has 1 N–H and O–H groups in total. The molecule has 0 bridgehead atoms. The topological polar surface area (TPSA) is 73.2 Å². The van der Waals surface area contributed by atoms with Crippen LogP contribution in [-0.4, -0.2) is 34.8 Å². The summed E-state index contributed by atoms with van der Waals surface area (Å²) in [6, 6.07) is 1.93. The third-order valence-corrected chi connectivity index (χ3v) is 4.03. The van der Waals surface area contributed by atoms with Gasteiger partial charge in [0.05, 0.1) is 18.7 Å². The summed E-state index contributed by atoms with van der Waals surface area (Å²) in [5.74, 6) is -0.245. The zero-order valence-electron chi connectivity index (χ0n) is 12.9. The van der Waals surface area contributed by atoms with E-state index in [2.05, 4.69) is 10.4 Å². The van der Waals surface area contributed by atoms with Crippen molar-refractivity contribution in [1.29, 1.82) is 0 Å². The van der Waals surface area contributed by atoms with Crippen LogP contribution in [-0.2, 0) is 16.1 Å². The van der Waals surface area contributed by atoms with Crippen molar-refractivity contribution in [2.75, 3.05) is 7.11 Å². The van der Waals surface area contributed by atoms with Crippen LogP contribution in [0.15, 0.2) is 6.07 Å². The number of rotatable bonds is 4. The highest BCUT2D eigenvalue weighted by Crippen LogP contribution is 2.25. The number of methoxy groups -OCH3 is 1. The highest BCUT2D eigenvalue weighted by atomic mass is 16.5. The predicted octanol–water partition coefficient (Wildman–Crippen LogP) is 1.67. The van der Waals surface area contributed by atoms with E-state index in [1.807, 2.05) is 13.8 Å². The molecule has 6 heteroatoms. The van der Waals surface area contributed by atoms with Gasteiger partial charge in [-0.2, -0.15) is 5.10 Å². The predicted molar refractivity (Wildman–Crippen MR) is 77.9 cm³/mol. The Morgan fingerprint density at radius 2 is 2.05 bits per heavy atom. The molecule has 1 aliphatic rings. The number of aryl methyl sites for hydroxylation is 2. The first-order valence-corrected chi connectivity index (χ1v) is 7.48. The van der Waals surface area contributed by atoms with E-state index in [1.165, 1.54) is 7.11 Å². The molecule has 1 fully saturated rings. The molecule has 1 aromatic rings. The molecule has 0 spiro atoms. The van der Waals surface area contributed by atoms with E-state index < -0.39 is 0 Å². The van der Waals surface area contributed by atoms with E-state index >= 15 is 0 Å². The van der Waals surface area contributed by atoms with Gasteiger partial charge in [-0.05, 0) is 45.6 Å². The molecule has 0 radical (unpaired) electrons. The quantitative estimate of drug-likeness (QED) is 0.857. The number of nitrogens with zero attached hydrogens (tertiary/aromatic N) is 2. The number of carbonyl (C=O) groups excluding carboxylic acids is 2. The lowest BCUT2D eigenvalue weighted by atomic mass is 9.86. The molecular formula is C15H23N3O3. The van der Waals surface area contributed by atoms with Crippen molar-refractivity contribution < 1.29 is 14.3 Å². The maximum Gasteiger partial charge on any atom is 0.308 e. The first kappa shape index (κ1) is 15.5. The Hall–Kier alpha value is -1.85. The molecule has 1 aliphatic carbocycles. The van der Waals surface area contributed by atoms with E-state index in [0.717, 1.165) is 31.4 Å². The second kappa shape index (κ2) is 6.74. The molecule has 0 saturated heterocycles. The maximum atomic E-state index is 12.3. The van der Waals surface area contributed by atoms with Gasteiger partial charge in [0, 0.05) is 12.6 Å². The van der Waals surface area contributed by atoms with Crippen LogP contribution in [0.1, 0.15) is 48.8 Å². The fraction of sp³-hybridized carbons (Fsp3) is 0.667. The minimum Gasteiger partial charge on any atom is -0.469 e. The molecular weight excluding hydrogens is 270 g/mol. The number of amides is 1. The van der Waals surface area contributed by atoms with Crippen molar-refractivity contribution in [1.82, 2.24) is 15.1 Å². The Labute approximate surface area is 124 Å². The highest BCUT2D eigenvalue weighted by molar-refractivity contribution is 5.92. The molecule has 21 heavy (non-hydrogen) atoms. The summed E-state index contributed by atoms with van der Waals surface area (Å²) in [5, 5.41) is 7.33. The van der Waals surface area contributed by atoms with E-state index in [-0.39, 0.29) is 23.8 Å². The lowest BCUT2D eigenvalue weighted by Gasteiger charge is -2.27. The summed E-state index contributed by atoms with van der Waals surface area (Å²) in [5.41, 5.74) is 1.45. The molecule has 0 aliphatic heterocycles. The van der Waals surface area contributed by atoms with Gasteiger partial charge in [-0.1, -0.05) is 0 Å². The van der Waals surface area contributed by atoms with Crippen LogP contribution < -0.4 is 5.32 Å². The van der Waals surface area contributed by atoms with Crippen LogP contribution >= 0.6 is 0 Å². The second-order valence-corrected chi connectivity index (χ2v) is 5.53. The van der Waals surface area contributed by atoms with Gasteiger partial charge in [-0.25, -0.2) is 0 Å². The maximum absolute atomic E-state index is 12.3. The van der Waals surface area contributed by atoms with Gasteiger partial charge < -0.3 is 10.1 Å². The molecule has 0 unspecified atom stereocenters. The van der Waals surface area contributed by atoms with E-state index in [9.17, 15) is 9.59 Å². The molecule has 1 heterocycles. The summed E-state index contributed by atoms with van der Waals surface area (Å²) in [6.45, 7) is 4.51. The average Bonchev–Trinajstić information content (AvgIpc) is 2.88. The van der Waals surface area contributed by atoms with Gasteiger partial charge in [0.1, 0.15) is 5.69 Å². The van der Waals surface area contributed by atoms with Gasteiger partial charge >= 0.3 is 5.97 Å². The lowest BCUT2D eigenvalue weighted by molar-refractivity contribution is -0.146. The van der Waals surface area contributed by atoms with Crippen LogP contribution in [0, 0.1) is 12.8 Å². The number of hydrogen-bond donors (Lipinski definition) is 1. The number of nitrogens with one attached hydrogen (secondary N) is 1. The zero-order valence-corrected chi connectivity index (χ0v) is 12.9. The van der Waals surface area contributed by atoms with Crippen molar-refractivity contribution in [3.05, 3.63) is 17.5 Å². The number of ether oxygens (including phenoxy) is 1. The summed E-state index contributed by atoms with van der Waals surface area (Å²) in [4.78, 5) is 23.8. The Morgan fingerprint density at radius 3 is 2.62 bits per heavy atom. The van der Waals surface area contributed by atoms with E-state index in [0.29, 0.717) is 12.2 Å². The first-order chi connectivity index (χ1) is 10.0. The standard InChI is InChI=1S/C15H23N3O3/c1-4-18-13(9-10(2)17-18)14(19)16-12-7-5-11(6-8-12)15(20)21-3/h9,11-12H,4-8H2,1-3H3,(H,16,19). The molecule has 6 nitrogen and oxygen atoms in total. The van der Waals surface area contributed by atoms with Crippen LogP contribution in [0.2, 0.25) is 0 Å². The lowest BCUT2D eigenvalue weighted by Crippen LogP contribution is -2.39. The monoisotopic (exact) mass is 293 g/mol. The zero-order chi connectivity index (χ0) is 15.4. The highest BCUT2D eigenvalue weighted by Gasteiger charge is 2.28. The van der Waals surface area contributed by atoms with E-state index in [4.69, 9.17) is 4.74 Å². The van der Waals surface area contributed by atoms with Crippen molar-refractivity contribution >= 4 is 11.9 Å². The SMILES string of the molecule is CCn1nc(C)cc1C(=O)NC1CCC(C(=O)OC)CC1. The molecule has 116 valence electrons. The summed E-state index contributed by atoms with van der Waals surface area (Å²) >= 11 is 0. The Kier molecular flexibility index (Phi) is 4.98. The summed E-state index contributed by atoms with van der Waals surface area (Å²) < 4.78 is 6.48. The van der Waals surface area contributed by atoms with Gasteiger partial charge in [-0.3, -0.25) is 14.3 Å². The summed E-state index contributed by atoms with van der Waals surface area (Å²) in [6.07, 6.45) is 3.16. The van der Waals surface area contributed by atoms with Crippen LogP contribution in [0.4, 0.5) is 0 Å². The normalized spacial score (nSPS) is 21.9. The average molecular weight is 293 g/mol. The van der Waals surface area contributed by atoms with E-state index in [1.54, 1.807) is 10.7 Å². The van der Waals surface area contributed by atoms with Crippen LogP contribution in [0.5, 0.6) is 0 Å². The van der Waals surface area contributed by atoms with Gasteiger partial charge in [0.25, 0.3) is 5.91 Å². The van der Waals surface area contributed by atoms with Gasteiger partial charge in [0.2, 0.25) is 0 Å². The Bertz CT molecular complexity index is 516. The molecule has 1 saturated carbocycles. The number of carbonyl (C=O) groups is 2. The van der Waals surface area contributed by atoms with Crippen molar-refractivity contribution in [2.24, 2.45) is 5.92 Å². The molecule has 0 atom stereocenters. The van der Waals surface area contributed by atoms with Crippen molar-refractivity contribution in [3.63, 3.8) is 0 Å². The molecule has 2 rings (SSSR count). The second-order valence-electron chi connectivity index (χ2n) is 5.53. The number of aromatic nitrogens is 2. The van der Waals surface area contributed by atoms with Gasteiger partial charge in [0.15, 0.2) is 0 Å². The minimum absolute atomic E-state index is 0.0217. The Balaban J connectivity index is 1.91. The largest absolute Gasteiger partial charge is 0.469 e. The minimum atomic E-state index is -0.139. The molecule has 1 aromatic heterocycles. The van der Waals surface area contributed by atoms with Gasteiger partial charge in [-0.15, -0.1) is 0 Å². The smallest absolute Gasteiger partial charge is 0.308 e. The van der Waals surface area contributed by atoms with Crippen LogP contribution in [0.25, 0.3) is 0 Å². The fourth-order valence-corrected chi connectivity index (χ4v) is 2.87. The Morgan fingerprint density at radius 1 is 1.38 bits per heavy atom. The van der Waals surface area contributed by atoms with Crippen molar-refractivity contribution in [3.8, 4) is 0 Å². The van der Waals surface area contributed by atoms with Crippen molar-refractivity contribution in [2.45, 2.75) is 52.1 Å².